The molecule has 2 rings (SSSR count). The zero-order valence-corrected chi connectivity index (χ0v) is 11.0. The Hall–Kier alpha value is -0.590. The highest BCUT2D eigenvalue weighted by Gasteiger charge is 2.44. The van der Waals surface area contributed by atoms with Crippen molar-refractivity contribution in [3.8, 4) is 0 Å². The Morgan fingerprint density at radius 1 is 1.38 bits per heavy atom. The summed E-state index contributed by atoms with van der Waals surface area (Å²) in [6, 6.07) is 0. The first kappa shape index (κ1) is 11.9. The standard InChI is InChI=1S/C15H24O/c1-10-5-7-15(4)8-6-13(12(3)16)9-14(15)11(10)2/h9-11,14H,5-8H2,1-4H3/t10?,11-,14?,15-/m1/s1. The third kappa shape index (κ3) is 1.85. The summed E-state index contributed by atoms with van der Waals surface area (Å²) in [7, 11) is 0. The van der Waals surface area contributed by atoms with Gasteiger partial charge in [0.15, 0.2) is 5.78 Å². The quantitative estimate of drug-likeness (QED) is 0.653. The van der Waals surface area contributed by atoms with Crippen molar-refractivity contribution in [1.82, 2.24) is 0 Å². The fraction of sp³-hybridized carbons (Fsp3) is 0.800. The van der Waals surface area contributed by atoms with Crippen LogP contribution in [0.25, 0.3) is 0 Å². The average molecular weight is 220 g/mol. The van der Waals surface area contributed by atoms with Crippen LogP contribution in [-0.2, 0) is 4.79 Å². The molecule has 1 nitrogen and oxygen atoms in total. The Bertz CT molecular complexity index is 328. The molecular weight excluding hydrogens is 196 g/mol. The van der Waals surface area contributed by atoms with Gasteiger partial charge in [-0.05, 0) is 61.3 Å². The summed E-state index contributed by atoms with van der Waals surface area (Å²) in [6.07, 6.45) is 7.22. The Labute approximate surface area is 99.3 Å². The summed E-state index contributed by atoms with van der Waals surface area (Å²) < 4.78 is 0. The van der Waals surface area contributed by atoms with Crippen LogP contribution in [0.2, 0.25) is 0 Å². The molecule has 0 radical (unpaired) electrons. The maximum absolute atomic E-state index is 11.5. The van der Waals surface area contributed by atoms with E-state index in [4.69, 9.17) is 0 Å². The highest BCUT2D eigenvalue weighted by Crippen LogP contribution is 2.53. The molecule has 1 saturated carbocycles. The van der Waals surface area contributed by atoms with E-state index in [-0.39, 0.29) is 5.78 Å². The summed E-state index contributed by atoms with van der Waals surface area (Å²) in [6.45, 7) is 8.87. The van der Waals surface area contributed by atoms with Gasteiger partial charge in [-0.1, -0.05) is 26.8 Å². The fourth-order valence-corrected chi connectivity index (χ4v) is 3.63. The van der Waals surface area contributed by atoms with Gasteiger partial charge in [-0.3, -0.25) is 4.79 Å². The normalized spacial score (nSPS) is 43.5. The second kappa shape index (κ2) is 4.01. The molecule has 4 atom stereocenters. The number of carbonyl (C=O) groups is 1. The number of carbonyl (C=O) groups excluding carboxylic acids is 1. The van der Waals surface area contributed by atoms with E-state index in [1.807, 2.05) is 0 Å². The first-order valence-electron chi connectivity index (χ1n) is 6.66. The minimum Gasteiger partial charge on any atom is -0.295 e. The molecule has 16 heavy (non-hydrogen) atoms. The van der Waals surface area contributed by atoms with Crippen LogP contribution in [0.3, 0.4) is 0 Å². The van der Waals surface area contributed by atoms with Crippen molar-refractivity contribution in [3.05, 3.63) is 11.6 Å². The van der Waals surface area contributed by atoms with Crippen LogP contribution in [0.5, 0.6) is 0 Å². The Morgan fingerprint density at radius 3 is 2.69 bits per heavy atom. The largest absolute Gasteiger partial charge is 0.295 e. The third-order valence-corrected chi connectivity index (χ3v) is 5.24. The minimum atomic E-state index is 0.285. The van der Waals surface area contributed by atoms with Crippen LogP contribution in [0.4, 0.5) is 0 Å². The number of Topliss-reactive ketones (excluding diaryl/α,β-unsaturated/α-hetero) is 1. The van der Waals surface area contributed by atoms with Gasteiger partial charge < -0.3 is 0 Å². The molecule has 0 aromatic rings. The van der Waals surface area contributed by atoms with E-state index >= 15 is 0 Å². The molecular formula is C15H24O. The fourth-order valence-electron chi connectivity index (χ4n) is 3.63. The topological polar surface area (TPSA) is 17.1 Å². The molecule has 0 N–H and O–H groups in total. The van der Waals surface area contributed by atoms with E-state index in [2.05, 4.69) is 26.8 Å². The average Bonchev–Trinajstić information content (AvgIpc) is 2.24. The molecule has 2 aliphatic rings. The molecule has 2 unspecified atom stereocenters. The summed E-state index contributed by atoms with van der Waals surface area (Å²) >= 11 is 0. The van der Waals surface area contributed by atoms with Crippen LogP contribution in [0.1, 0.15) is 53.4 Å². The first-order valence-corrected chi connectivity index (χ1v) is 6.66. The van der Waals surface area contributed by atoms with Gasteiger partial charge in [0, 0.05) is 0 Å². The van der Waals surface area contributed by atoms with E-state index in [1.54, 1.807) is 6.92 Å². The summed E-state index contributed by atoms with van der Waals surface area (Å²) in [5.74, 6) is 2.45. The lowest BCUT2D eigenvalue weighted by molar-refractivity contribution is -0.114. The van der Waals surface area contributed by atoms with Gasteiger partial charge in [0.1, 0.15) is 0 Å². The monoisotopic (exact) mass is 220 g/mol. The van der Waals surface area contributed by atoms with Gasteiger partial charge in [0.05, 0.1) is 0 Å². The second-order valence-electron chi connectivity index (χ2n) is 6.30. The number of allylic oxidation sites excluding steroid dienone is 2. The van der Waals surface area contributed by atoms with E-state index in [0.717, 1.165) is 23.8 Å². The molecule has 90 valence electrons. The van der Waals surface area contributed by atoms with Crippen molar-refractivity contribution < 1.29 is 4.79 Å². The lowest BCUT2D eigenvalue weighted by atomic mass is 9.55. The molecule has 0 aromatic heterocycles. The Morgan fingerprint density at radius 2 is 2.06 bits per heavy atom. The van der Waals surface area contributed by atoms with E-state index in [9.17, 15) is 4.79 Å². The number of ketones is 1. The molecule has 0 heterocycles. The van der Waals surface area contributed by atoms with Crippen LogP contribution in [0, 0.1) is 23.2 Å². The van der Waals surface area contributed by atoms with Gasteiger partial charge in [0.2, 0.25) is 0 Å². The lowest BCUT2D eigenvalue weighted by Crippen LogP contribution is -2.41. The maximum Gasteiger partial charge on any atom is 0.155 e. The second-order valence-corrected chi connectivity index (χ2v) is 6.30. The first-order chi connectivity index (χ1) is 7.44. The summed E-state index contributed by atoms with van der Waals surface area (Å²) in [5.41, 5.74) is 1.55. The van der Waals surface area contributed by atoms with E-state index < -0.39 is 0 Å². The molecule has 0 aliphatic heterocycles. The maximum atomic E-state index is 11.5. The zero-order valence-electron chi connectivity index (χ0n) is 11.0. The predicted molar refractivity (Wildman–Crippen MR) is 67.2 cm³/mol. The molecule has 0 aromatic carbocycles. The minimum absolute atomic E-state index is 0.285. The summed E-state index contributed by atoms with van der Waals surface area (Å²) in [5, 5.41) is 0. The highest BCUT2D eigenvalue weighted by molar-refractivity contribution is 5.93. The van der Waals surface area contributed by atoms with Crippen LogP contribution in [0.15, 0.2) is 11.6 Å². The molecule has 1 fully saturated rings. The van der Waals surface area contributed by atoms with Crippen molar-refractivity contribution >= 4 is 5.78 Å². The van der Waals surface area contributed by atoms with Crippen molar-refractivity contribution in [3.63, 3.8) is 0 Å². The number of hydrogen-bond acceptors (Lipinski definition) is 1. The molecule has 0 saturated heterocycles. The predicted octanol–water partition coefficient (Wildman–Crippen LogP) is 3.98. The molecule has 2 aliphatic carbocycles. The Kier molecular flexibility index (Phi) is 2.98. The molecule has 1 heteroatoms. The Balaban J connectivity index is 2.30. The van der Waals surface area contributed by atoms with E-state index in [0.29, 0.717) is 11.3 Å². The van der Waals surface area contributed by atoms with Crippen LogP contribution >= 0.6 is 0 Å². The SMILES string of the molecule is CC(=O)C1=CC2[C@H](C)C(C)CC[C@]2(C)CC1. The van der Waals surface area contributed by atoms with Crippen LogP contribution in [-0.4, -0.2) is 5.78 Å². The highest BCUT2D eigenvalue weighted by atomic mass is 16.1. The van der Waals surface area contributed by atoms with E-state index in [1.165, 1.54) is 19.3 Å². The zero-order chi connectivity index (χ0) is 11.9. The van der Waals surface area contributed by atoms with Gasteiger partial charge >= 0.3 is 0 Å². The number of hydrogen-bond donors (Lipinski definition) is 0. The smallest absolute Gasteiger partial charge is 0.155 e. The molecule has 0 bridgehead atoms. The summed E-state index contributed by atoms with van der Waals surface area (Å²) in [4.78, 5) is 11.5. The third-order valence-electron chi connectivity index (χ3n) is 5.24. The molecule has 0 amide bonds. The lowest BCUT2D eigenvalue weighted by Gasteiger charge is -2.49. The van der Waals surface area contributed by atoms with Gasteiger partial charge in [-0.25, -0.2) is 0 Å². The van der Waals surface area contributed by atoms with Crippen molar-refractivity contribution in [2.24, 2.45) is 23.2 Å². The van der Waals surface area contributed by atoms with Gasteiger partial charge in [0.25, 0.3) is 0 Å². The van der Waals surface area contributed by atoms with Gasteiger partial charge in [-0.2, -0.15) is 0 Å². The van der Waals surface area contributed by atoms with Crippen molar-refractivity contribution in [1.29, 1.82) is 0 Å². The van der Waals surface area contributed by atoms with Gasteiger partial charge in [-0.15, -0.1) is 0 Å². The molecule has 0 spiro atoms. The van der Waals surface area contributed by atoms with Crippen LogP contribution < -0.4 is 0 Å². The van der Waals surface area contributed by atoms with Crippen molar-refractivity contribution in [2.75, 3.05) is 0 Å². The number of fused-ring (bicyclic) bond motifs is 1. The van der Waals surface area contributed by atoms with Crippen molar-refractivity contribution in [2.45, 2.75) is 53.4 Å². The number of rotatable bonds is 1.